The summed E-state index contributed by atoms with van der Waals surface area (Å²) in [6, 6.07) is 25.8. The van der Waals surface area contributed by atoms with Crippen LogP contribution < -0.4 is 9.47 Å². The highest BCUT2D eigenvalue weighted by atomic mass is 16.5. The van der Waals surface area contributed by atoms with Gasteiger partial charge in [0, 0.05) is 11.1 Å². The smallest absolute Gasteiger partial charge is 0.127 e. The second-order valence-corrected chi connectivity index (χ2v) is 11.6. The molecule has 0 saturated carbocycles. The van der Waals surface area contributed by atoms with E-state index in [1.165, 1.54) is 125 Å². The van der Waals surface area contributed by atoms with Crippen molar-refractivity contribution in [3.63, 3.8) is 0 Å². The van der Waals surface area contributed by atoms with Crippen LogP contribution in [0.1, 0.15) is 116 Å². The minimum atomic E-state index is 0.791. The van der Waals surface area contributed by atoms with Crippen LogP contribution in [0.3, 0.4) is 0 Å². The van der Waals surface area contributed by atoms with Gasteiger partial charge in [-0.05, 0) is 36.1 Å². The standard InChI is InChI=1S/C38H52O2/c1-2-4-6-8-10-12-14-16-22-32-40-38-26-20-18-24-36(38)34-29-27-33(28-30-34)35-23-17-19-25-37(35)39-31-21-15-13-11-9-7-5-3-1/h17-20,23-30H,1-16,21-22,31-32H2. The fraction of sp³-hybridized carbons (Fsp3) is 0.526. The minimum Gasteiger partial charge on any atom is -0.493 e. The van der Waals surface area contributed by atoms with Crippen molar-refractivity contribution in [1.29, 1.82) is 0 Å². The zero-order chi connectivity index (χ0) is 27.5. The SMILES string of the molecule is c1ccc2c(c1)OCCCCCCCCCCCCCCCCCCCCOc1ccccc1-c1ccc-2cc1. The summed E-state index contributed by atoms with van der Waals surface area (Å²) < 4.78 is 12.5. The number of para-hydroxylation sites is 2. The molecule has 0 fully saturated rings. The molecule has 0 N–H and O–H groups in total. The maximum Gasteiger partial charge on any atom is 0.127 e. The quantitative estimate of drug-likeness (QED) is 0.282. The molecule has 2 heteroatoms. The molecular weight excluding hydrogens is 488 g/mol. The first kappa shape index (κ1) is 30.2. The fourth-order valence-corrected chi connectivity index (χ4v) is 5.89. The third-order valence-corrected chi connectivity index (χ3v) is 8.33. The van der Waals surface area contributed by atoms with Crippen LogP contribution in [0.2, 0.25) is 0 Å². The van der Waals surface area contributed by atoms with Crippen LogP contribution in [0, 0.1) is 0 Å². The molecule has 216 valence electrons. The summed E-state index contributed by atoms with van der Waals surface area (Å²) in [5, 5.41) is 0. The van der Waals surface area contributed by atoms with Gasteiger partial charge in [0.1, 0.15) is 11.5 Å². The molecule has 3 aromatic rings. The average Bonchev–Trinajstić information content (AvgIpc) is 3.00. The van der Waals surface area contributed by atoms with Gasteiger partial charge in [-0.15, -0.1) is 0 Å². The number of rotatable bonds is 0. The highest BCUT2D eigenvalue weighted by Crippen LogP contribution is 2.34. The van der Waals surface area contributed by atoms with Crippen LogP contribution in [0.25, 0.3) is 22.3 Å². The summed E-state index contributed by atoms with van der Waals surface area (Å²) in [6.45, 7) is 1.58. The zero-order valence-corrected chi connectivity index (χ0v) is 24.9. The first-order valence-electron chi connectivity index (χ1n) is 16.5. The lowest BCUT2D eigenvalue weighted by Crippen LogP contribution is -1.99. The summed E-state index contributed by atoms with van der Waals surface area (Å²) >= 11 is 0. The summed E-state index contributed by atoms with van der Waals surface area (Å²) in [5.74, 6) is 1.97. The van der Waals surface area contributed by atoms with Crippen molar-refractivity contribution < 1.29 is 9.47 Å². The molecule has 0 amide bonds. The van der Waals surface area contributed by atoms with Crippen LogP contribution in [0.5, 0.6) is 11.5 Å². The second-order valence-electron chi connectivity index (χ2n) is 11.6. The van der Waals surface area contributed by atoms with Gasteiger partial charge in [0.15, 0.2) is 0 Å². The van der Waals surface area contributed by atoms with Gasteiger partial charge >= 0.3 is 0 Å². The van der Waals surface area contributed by atoms with Gasteiger partial charge < -0.3 is 9.47 Å². The van der Waals surface area contributed by atoms with Gasteiger partial charge in [0.2, 0.25) is 0 Å². The van der Waals surface area contributed by atoms with E-state index in [9.17, 15) is 0 Å². The maximum absolute atomic E-state index is 6.27. The molecule has 40 heavy (non-hydrogen) atoms. The van der Waals surface area contributed by atoms with Gasteiger partial charge in [0.05, 0.1) is 13.2 Å². The van der Waals surface area contributed by atoms with E-state index in [2.05, 4.69) is 72.8 Å². The van der Waals surface area contributed by atoms with E-state index in [1.54, 1.807) is 0 Å². The Bertz CT molecular complexity index is 984. The largest absolute Gasteiger partial charge is 0.493 e. The highest BCUT2D eigenvalue weighted by molar-refractivity contribution is 5.76. The average molecular weight is 541 g/mol. The van der Waals surface area contributed by atoms with Crippen molar-refractivity contribution >= 4 is 0 Å². The molecule has 5 rings (SSSR count). The Hall–Kier alpha value is -2.74. The summed E-state index contributed by atoms with van der Waals surface area (Å²) in [6.07, 6.45) is 24.4. The maximum atomic E-state index is 6.27. The Labute approximate surface area is 244 Å². The number of ether oxygens (including phenoxy) is 2. The molecule has 0 unspecified atom stereocenters. The minimum absolute atomic E-state index is 0.791. The third-order valence-electron chi connectivity index (χ3n) is 8.33. The summed E-state index contributed by atoms with van der Waals surface area (Å²) in [5.41, 5.74) is 4.71. The van der Waals surface area contributed by atoms with Gasteiger partial charge in [0.25, 0.3) is 0 Å². The van der Waals surface area contributed by atoms with E-state index in [0.717, 1.165) is 37.6 Å². The highest BCUT2D eigenvalue weighted by Gasteiger charge is 2.09. The number of fused-ring (bicyclic) bond motifs is 23. The van der Waals surface area contributed by atoms with Crippen LogP contribution in [0.15, 0.2) is 72.8 Å². The second kappa shape index (κ2) is 18.6. The Kier molecular flexibility index (Phi) is 14.0. The molecule has 2 aliphatic rings. The monoisotopic (exact) mass is 540 g/mol. The fourth-order valence-electron chi connectivity index (χ4n) is 5.89. The number of benzene rings is 3. The molecule has 3 aromatic carbocycles. The first-order chi connectivity index (χ1) is 19.9. The number of hydrogen-bond acceptors (Lipinski definition) is 2. The lowest BCUT2D eigenvalue weighted by molar-refractivity contribution is 0.305. The van der Waals surface area contributed by atoms with Crippen LogP contribution >= 0.6 is 0 Å². The molecule has 0 atom stereocenters. The van der Waals surface area contributed by atoms with Crippen LogP contribution in [-0.4, -0.2) is 13.2 Å². The molecule has 2 heterocycles. The Morgan fingerprint density at radius 2 is 0.575 bits per heavy atom. The topological polar surface area (TPSA) is 18.5 Å². The predicted molar refractivity (Wildman–Crippen MR) is 171 cm³/mol. The first-order valence-corrected chi connectivity index (χ1v) is 16.5. The van der Waals surface area contributed by atoms with E-state index in [4.69, 9.17) is 9.47 Å². The Morgan fingerprint density at radius 3 is 0.900 bits per heavy atom. The Balaban J connectivity index is 1.35. The molecular formula is C38H52O2. The molecule has 0 spiro atoms. The molecule has 0 aromatic heterocycles. The van der Waals surface area contributed by atoms with Crippen molar-refractivity contribution in [2.24, 2.45) is 0 Å². The Morgan fingerprint density at radius 1 is 0.300 bits per heavy atom. The third kappa shape index (κ3) is 10.7. The molecule has 0 saturated heterocycles. The van der Waals surface area contributed by atoms with E-state index >= 15 is 0 Å². The van der Waals surface area contributed by atoms with E-state index < -0.39 is 0 Å². The van der Waals surface area contributed by atoms with Gasteiger partial charge in [-0.2, -0.15) is 0 Å². The molecule has 2 aliphatic heterocycles. The lowest BCUT2D eigenvalue weighted by atomic mass is 9.99. The van der Waals surface area contributed by atoms with Gasteiger partial charge in [-0.1, -0.05) is 163 Å². The molecule has 2 nitrogen and oxygen atoms in total. The van der Waals surface area contributed by atoms with Crippen LogP contribution in [-0.2, 0) is 0 Å². The van der Waals surface area contributed by atoms with E-state index in [0.29, 0.717) is 0 Å². The summed E-state index contributed by atoms with van der Waals surface area (Å²) in [7, 11) is 0. The lowest BCUT2D eigenvalue weighted by Gasteiger charge is -2.14. The van der Waals surface area contributed by atoms with Crippen molar-refractivity contribution in [3.05, 3.63) is 72.8 Å². The summed E-state index contributed by atoms with van der Waals surface area (Å²) in [4.78, 5) is 0. The van der Waals surface area contributed by atoms with Crippen molar-refractivity contribution in [2.75, 3.05) is 13.2 Å². The van der Waals surface area contributed by atoms with Crippen molar-refractivity contribution in [2.45, 2.75) is 116 Å². The van der Waals surface area contributed by atoms with Gasteiger partial charge in [-0.3, -0.25) is 0 Å². The van der Waals surface area contributed by atoms with Crippen molar-refractivity contribution in [3.8, 4) is 33.8 Å². The van der Waals surface area contributed by atoms with E-state index in [-0.39, 0.29) is 0 Å². The normalized spacial score (nSPS) is 17.9. The van der Waals surface area contributed by atoms with Gasteiger partial charge in [-0.25, -0.2) is 0 Å². The van der Waals surface area contributed by atoms with E-state index in [1.807, 2.05) is 0 Å². The number of hydrogen-bond donors (Lipinski definition) is 0. The molecule has 0 radical (unpaired) electrons. The zero-order valence-electron chi connectivity index (χ0n) is 24.9. The van der Waals surface area contributed by atoms with Crippen LogP contribution in [0.4, 0.5) is 0 Å². The molecule has 2 bridgehead atoms. The van der Waals surface area contributed by atoms with Crippen molar-refractivity contribution in [1.82, 2.24) is 0 Å². The molecule has 0 aliphatic carbocycles. The predicted octanol–water partition coefficient (Wildman–Crippen LogP) is 11.8.